The Bertz CT molecular complexity index is 349. The first-order chi connectivity index (χ1) is 8.99. The lowest BCUT2D eigenvalue weighted by Gasteiger charge is -2.29. The van der Waals surface area contributed by atoms with E-state index in [0.717, 1.165) is 25.9 Å². The number of hydrogen-bond donors (Lipinski definition) is 2. The third-order valence-corrected chi connectivity index (χ3v) is 4.62. The van der Waals surface area contributed by atoms with Gasteiger partial charge in [-0.1, -0.05) is 13.8 Å². The van der Waals surface area contributed by atoms with Gasteiger partial charge < -0.3 is 15.2 Å². The molecule has 5 nitrogen and oxygen atoms in total. The molecule has 1 amide bonds. The Morgan fingerprint density at radius 2 is 1.84 bits per heavy atom. The number of aliphatic carboxylic acids is 1. The molecule has 3 rings (SSSR count). The fourth-order valence-corrected chi connectivity index (χ4v) is 2.89. The number of amides is 1. The number of carbonyl (C=O) groups excluding carboxylic acids is 1. The number of carbonyl (C=O) groups is 2. The van der Waals surface area contributed by atoms with Crippen LogP contribution in [0.25, 0.3) is 0 Å². The molecule has 2 aliphatic heterocycles. The molecule has 0 aromatic rings. The molecule has 5 atom stereocenters. The summed E-state index contributed by atoms with van der Waals surface area (Å²) in [6.07, 6.45) is 4.31. The molecule has 1 saturated carbocycles. The number of carboxylic acids is 1. The van der Waals surface area contributed by atoms with Crippen molar-refractivity contribution in [2.24, 2.45) is 17.8 Å². The molecular formula is C14H23NO4. The van der Waals surface area contributed by atoms with Crippen LogP contribution < -0.4 is 5.32 Å². The van der Waals surface area contributed by atoms with Crippen molar-refractivity contribution in [2.45, 2.75) is 51.7 Å². The zero-order valence-electron chi connectivity index (χ0n) is 11.6. The summed E-state index contributed by atoms with van der Waals surface area (Å²) in [5.74, 6) is -1.65. The van der Waals surface area contributed by atoms with E-state index < -0.39 is 17.8 Å². The van der Waals surface area contributed by atoms with Crippen molar-refractivity contribution < 1.29 is 19.4 Å². The van der Waals surface area contributed by atoms with E-state index in [1.54, 1.807) is 13.8 Å². The molecule has 2 saturated heterocycles. The SMILES string of the molecule is CC(C(=O)O)C(C)C(=O)NC1CCC2CCC1OC2. The van der Waals surface area contributed by atoms with Crippen LogP contribution in [0.2, 0.25) is 0 Å². The molecule has 1 aliphatic carbocycles. The average Bonchev–Trinajstić information content (AvgIpc) is 2.70. The van der Waals surface area contributed by atoms with E-state index in [2.05, 4.69) is 5.32 Å². The molecule has 2 heterocycles. The number of fused-ring (bicyclic) bond motifs is 4. The molecule has 3 fully saturated rings. The monoisotopic (exact) mass is 269 g/mol. The summed E-state index contributed by atoms with van der Waals surface area (Å²) < 4.78 is 5.77. The maximum Gasteiger partial charge on any atom is 0.307 e. The van der Waals surface area contributed by atoms with E-state index >= 15 is 0 Å². The molecule has 5 heteroatoms. The summed E-state index contributed by atoms with van der Waals surface area (Å²) in [6, 6.07) is 0.0449. The molecule has 3 aliphatic rings. The van der Waals surface area contributed by atoms with E-state index in [4.69, 9.17) is 9.84 Å². The molecule has 108 valence electrons. The molecule has 0 spiro atoms. The maximum atomic E-state index is 12.1. The lowest BCUT2D eigenvalue weighted by molar-refractivity contribution is -0.146. The Hall–Kier alpha value is -1.10. The summed E-state index contributed by atoms with van der Waals surface area (Å²) in [7, 11) is 0. The van der Waals surface area contributed by atoms with Crippen LogP contribution in [0.3, 0.4) is 0 Å². The molecule has 5 unspecified atom stereocenters. The molecule has 0 aromatic heterocycles. The predicted octanol–water partition coefficient (Wildman–Crippen LogP) is 1.42. The van der Waals surface area contributed by atoms with Crippen LogP contribution in [0.1, 0.15) is 39.5 Å². The van der Waals surface area contributed by atoms with Gasteiger partial charge >= 0.3 is 5.97 Å². The van der Waals surface area contributed by atoms with E-state index in [9.17, 15) is 9.59 Å². The number of hydrogen-bond acceptors (Lipinski definition) is 3. The Kier molecular flexibility index (Phi) is 4.45. The fourth-order valence-electron chi connectivity index (χ4n) is 2.89. The Balaban J connectivity index is 1.92. The van der Waals surface area contributed by atoms with Crippen LogP contribution in [-0.2, 0) is 14.3 Å². The van der Waals surface area contributed by atoms with E-state index in [1.807, 2.05) is 0 Å². The van der Waals surface area contributed by atoms with Crippen LogP contribution in [0, 0.1) is 17.8 Å². The van der Waals surface area contributed by atoms with Crippen LogP contribution in [-0.4, -0.2) is 35.7 Å². The van der Waals surface area contributed by atoms with Crippen LogP contribution in [0.5, 0.6) is 0 Å². The second-order valence-corrected chi connectivity index (χ2v) is 5.92. The second-order valence-electron chi connectivity index (χ2n) is 5.92. The van der Waals surface area contributed by atoms with Gasteiger partial charge in [-0.15, -0.1) is 0 Å². The summed E-state index contributed by atoms with van der Waals surface area (Å²) >= 11 is 0. The van der Waals surface area contributed by atoms with Gasteiger partial charge in [-0.25, -0.2) is 0 Å². The van der Waals surface area contributed by atoms with E-state index in [1.165, 1.54) is 6.42 Å². The predicted molar refractivity (Wildman–Crippen MR) is 69.6 cm³/mol. The minimum Gasteiger partial charge on any atom is -0.481 e. The maximum absolute atomic E-state index is 12.1. The van der Waals surface area contributed by atoms with Gasteiger partial charge in [0.25, 0.3) is 0 Å². The fraction of sp³-hybridized carbons (Fsp3) is 0.857. The minimum atomic E-state index is -0.930. The quantitative estimate of drug-likeness (QED) is 0.809. The molecule has 19 heavy (non-hydrogen) atoms. The Morgan fingerprint density at radius 1 is 1.16 bits per heavy atom. The molecule has 0 radical (unpaired) electrons. The molecular weight excluding hydrogens is 246 g/mol. The van der Waals surface area contributed by atoms with Gasteiger partial charge in [0.1, 0.15) is 0 Å². The Labute approximate surface area is 113 Å². The first-order valence-corrected chi connectivity index (χ1v) is 7.13. The highest BCUT2D eigenvalue weighted by molar-refractivity contribution is 5.84. The second kappa shape index (κ2) is 5.90. The summed E-state index contributed by atoms with van der Waals surface area (Å²) in [4.78, 5) is 23.0. The first kappa shape index (κ1) is 14.3. The van der Waals surface area contributed by atoms with Gasteiger partial charge in [-0.3, -0.25) is 9.59 Å². The van der Waals surface area contributed by atoms with Gasteiger partial charge in [-0.2, -0.15) is 0 Å². The van der Waals surface area contributed by atoms with Gasteiger partial charge in [-0.05, 0) is 31.6 Å². The zero-order valence-corrected chi connectivity index (χ0v) is 11.6. The Morgan fingerprint density at radius 3 is 2.42 bits per heavy atom. The zero-order chi connectivity index (χ0) is 14.0. The number of carboxylic acid groups (broad SMARTS) is 1. The first-order valence-electron chi connectivity index (χ1n) is 7.13. The molecule has 2 bridgehead atoms. The van der Waals surface area contributed by atoms with Crippen molar-refractivity contribution >= 4 is 11.9 Å². The van der Waals surface area contributed by atoms with Crippen LogP contribution >= 0.6 is 0 Å². The third kappa shape index (κ3) is 3.26. The van der Waals surface area contributed by atoms with Crippen molar-refractivity contribution in [3.05, 3.63) is 0 Å². The summed E-state index contributed by atoms with van der Waals surface area (Å²) in [5.41, 5.74) is 0. The minimum absolute atomic E-state index is 0.0449. The van der Waals surface area contributed by atoms with Crippen molar-refractivity contribution in [3.8, 4) is 0 Å². The van der Waals surface area contributed by atoms with Gasteiger partial charge in [0, 0.05) is 12.5 Å². The van der Waals surface area contributed by atoms with E-state index in [0.29, 0.717) is 5.92 Å². The van der Waals surface area contributed by atoms with Crippen molar-refractivity contribution in [1.82, 2.24) is 5.32 Å². The average molecular weight is 269 g/mol. The van der Waals surface area contributed by atoms with Crippen molar-refractivity contribution in [2.75, 3.05) is 6.61 Å². The third-order valence-electron chi connectivity index (χ3n) is 4.62. The normalized spacial score (nSPS) is 33.3. The molecule has 2 N–H and O–H groups in total. The van der Waals surface area contributed by atoms with Crippen LogP contribution in [0.15, 0.2) is 0 Å². The van der Waals surface area contributed by atoms with E-state index in [-0.39, 0.29) is 18.1 Å². The highest BCUT2D eigenvalue weighted by Crippen LogP contribution is 2.31. The van der Waals surface area contributed by atoms with Gasteiger partial charge in [0.15, 0.2) is 0 Å². The van der Waals surface area contributed by atoms with Crippen molar-refractivity contribution in [1.29, 1.82) is 0 Å². The topological polar surface area (TPSA) is 75.6 Å². The number of nitrogens with one attached hydrogen (secondary N) is 1. The lowest BCUT2D eigenvalue weighted by Crippen LogP contribution is -2.47. The van der Waals surface area contributed by atoms with Crippen molar-refractivity contribution in [3.63, 3.8) is 0 Å². The smallest absolute Gasteiger partial charge is 0.307 e. The van der Waals surface area contributed by atoms with Gasteiger partial charge in [0.2, 0.25) is 5.91 Å². The highest BCUT2D eigenvalue weighted by atomic mass is 16.5. The number of ether oxygens (including phenoxy) is 1. The summed E-state index contributed by atoms with van der Waals surface area (Å²) in [6.45, 7) is 4.04. The standard InChI is InChI=1S/C14H23NO4/c1-8(9(2)14(17)18)13(16)15-11-5-3-10-4-6-12(11)19-7-10/h8-12H,3-7H2,1-2H3,(H,15,16)(H,17,18). The largest absolute Gasteiger partial charge is 0.481 e. The van der Waals surface area contributed by atoms with Crippen LogP contribution in [0.4, 0.5) is 0 Å². The molecule has 0 aromatic carbocycles. The number of rotatable bonds is 4. The lowest BCUT2D eigenvalue weighted by atomic mass is 9.94. The highest BCUT2D eigenvalue weighted by Gasteiger charge is 2.35. The van der Waals surface area contributed by atoms with Gasteiger partial charge in [0.05, 0.1) is 18.1 Å². The summed E-state index contributed by atoms with van der Waals surface area (Å²) in [5, 5.41) is 11.9.